The summed E-state index contributed by atoms with van der Waals surface area (Å²) in [5.74, 6) is 1.64. The van der Waals surface area contributed by atoms with Crippen LogP contribution < -0.4 is 10.6 Å². The molecule has 0 saturated heterocycles. The van der Waals surface area contributed by atoms with Crippen molar-refractivity contribution in [3.63, 3.8) is 0 Å². The van der Waals surface area contributed by atoms with E-state index in [2.05, 4.69) is 10.6 Å². The van der Waals surface area contributed by atoms with Crippen LogP contribution in [0.2, 0.25) is 0 Å². The van der Waals surface area contributed by atoms with Gasteiger partial charge in [-0.1, -0.05) is 6.07 Å². The number of carbonyl (C=O) groups excluding carboxylic acids is 3. The summed E-state index contributed by atoms with van der Waals surface area (Å²) in [7, 11) is 1.55. The minimum absolute atomic E-state index is 0.0258. The molecule has 0 heterocycles. The summed E-state index contributed by atoms with van der Waals surface area (Å²) in [4.78, 5) is 36.5. The van der Waals surface area contributed by atoms with Crippen molar-refractivity contribution in [3.8, 4) is 0 Å². The van der Waals surface area contributed by atoms with Gasteiger partial charge in [-0.25, -0.2) is 0 Å². The largest absolute Gasteiger partial charge is 0.455 e. The summed E-state index contributed by atoms with van der Waals surface area (Å²) < 4.78 is 5.37. The van der Waals surface area contributed by atoms with Crippen molar-refractivity contribution < 1.29 is 19.1 Å². The molecule has 5 rings (SSSR count). The Morgan fingerprint density at radius 2 is 1.70 bits per heavy atom. The summed E-state index contributed by atoms with van der Waals surface area (Å²) in [5.41, 5.74) is 0.965. The fourth-order valence-electron chi connectivity index (χ4n) is 5.62. The quantitative estimate of drug-likeness (QED) is 0.781. The molecule has 1 aromatic rings. The van der Waals surface area contributed by atoms with Crippen LogP contribution in [-0.4, -0.2) is 31.4 Å². The molecular weight excluding hydrogens is 344 g/mol. The van der Waals surface area contributed by atoms with Crippen LogP contribution in [-0.2, 0) is 14.3 Å². The fraction of sp³-hybridized carbons (Fsp3) is 0.571. The number of nitrogens with one attached hydrogen (secondary N) is 2. The van der Waals surface area contributed by atoms with Gasteiger partial charge in [0, 0.05) is 18.3 Å². The molecule has 0 radical (unpaired) electrons. The monoisotopic (exact) mass is 370 g/mol. The number of rotatable bonds is 5. The molecule has 0 atom stereocenters. The zero-order valence-electron chi connectivity index (χ0n) is 15.6. The number of esters is 1. The fourth-order valence-corrected chi connectivity index (χ4v) is 5.62. The van der Waals surface area contributed by atoms with Gasteiger partial charge in [-0.05, 0) is 74.0 Å². The SMILES string of the molecule is CNC(=O)c1cccc(NC(=O)COC(=O)C2C3CC4CC(C3)CC2C4)c1. The van der Waals surface area contributed by atoms with Crippen molar-refractivity contribution in [2.45, 2.75) is 32.1 Å². The van der Waals surface area contributed by atoms with Gasteiger partial charge in [-0.3, -0.25) is 14.4 Å². The predicted molar refractivity (Wildman–Crippen MR) is 100.0 cm³/mol. The molecular formula is C21H26N2O4. The molecule has 6 nitrogen and oxygen atoms in total. The molecule has 0 aromatic heterocycles. The van der Waals surface area contributed by atoms with Crippen LogP contribution >= 0.6 is 0 Å². The van der Waals surface area contributed by atoms with E-state index >= 15 is 0 Å². The molecule has 4 saturated carbocycles. The minimum atomic E-state index is -0.388. The van der Waals surface area contributed by atoms with Gasteiger partial charge in [-0.15, -0.1) is 0 Å². The first kappa shape index (κ1) is 18.0. The van der Waals surface area contributed by atoms with E-state index in [-0.39, 0.29) is 30.3 Å². The lowest BCUT2D eigenvalue weighted by atomic mass is 9.52. The summed E-state index contributed by atoms with van der Waals surface area (Å²) in [6.07, 6.45) is 5.92. The zero-order valence-corrected chi connectivity index (χ0v) is 15.6. The summed E-state index contributed by atoms with van der Waals surface area (Å²) in [6, 6.07) is 6.65. The van der Waals surface area contributed by atoms with Gasteiger partial charge in [0.15, 0.2) is 6.61 Å². The summed E-state index contributed by atoms with van der Waals surface area (Å²) >= 11 is 0. The molecule has 2 N–H and O–H groups in total. The average Bonchev–Trinajstić information content (AvgIpc) is 2.65. The number of hydrogen-bond acceptors (Lipinski definition) is 4. The van der Waals surface area contributed by atoms with Gasteiger partial charge in [-0.2, -0.15) is 0 Å². The molecule has 4 bridgehead atoms. The second-order valence-electron chi connectivity index (χ2n) is 8.27. The lowest BCUT2D eigenvalue weighted by Crippen LogP contribution is -2.48. The van der Waals surface area contributed by atoms with Gasteiger partial charge >= 0.3 is 5.97 Å². The normalized spacial score (nSPS) is 30.6. The number of benzene rings is 1. The van der Waals surface area contributed by atoms with Gasteiger partial charge in [0.25, 0.3) is 11.8 Å². The number of amides is 2. The number of carbonyl (C=O) groups is 3. The Bertz CT molecular complexity index is 732. The lowest BCUT2D eigenvalue weighted by molar-refractivity contribution is -0.164. The highest BCUT2D eigenvalue weighted by Crippen LogP contribution is 2.56. The van der Waals surface area contributed by atoms with Crippen molar-refractivity contribution in [2.24, 2.45) is 29.6 Å². The lowest BCUT2D eigenvalue weighted by Gasteiger charge is -2.53. The highest BCUT2D eigenvalue weighted by atomic mass is 16.5. The van der Waals surface area contributed by atoms with Crippen LogP contribution in [0.4, 0.5) is 5.69 Å². The number of anilines is 1. The molecule has 2 amide bonds. The Hall–Kier alpha value is -2.37. The number of ether oxygens (including phenoxy) is 1. The van der Waals surface area contributed by atoms with Gasteiger partial charge in [0.1, 0.15) is 0 Å². The maximum atomic E-state index is 12.6. The van der Waals surface area contributed by atoms with Crippen molar-refractivity contribution >= 4 is 23.5 Å². The molecule has 4 fully saturated rings. The van der Waals surface area contributed by atoms with Crippen LogP contribution in [0.1, 0.15) is 42.5 Å². The van der Waals surface area contributed by atoms with Crippen LogP contribution in [0.3, 0.4) is 0 Å². The van der Waals surface area contributed by atoms with Crippen LogP contribution in [0.15, 0.2) is 24.3 Å². The molecule has 144 valence electrons. The molecule has 4 aliphatic carbocycles. The van der Waals surface area contributed by atoms with Crippen molar-refractivity contribution in [2.75, 3.05) is 19.0 Å². The second kappa shape index (κ2) is 7.33. The van der Waals surface area contributed by atoms with Gasteiger partial charge < -0.3 is 15.4 Å². The van der Waals surface area contributed by atoms with Gasteiger partial charge in [0.05, 0.1) is 5.92 Å². The van der Waals surface area contributed by atoms with E-state index in [0.717, 1.165) is 37.5 Å². The smallest absolute Gasteiger partial charge is 0.310 e. The highest BCUT2D eigenvalue weighted by molar-refractivity contribution is 5.97. The van der Waals surface area contributed by atoms with Crippen LogP contribution in [0.5, 0.6) is 0 Å². The Morgan fingerprint density at radius 3 is 2.33 bits per heavy atom. The standard InChI is InChI=1S/C21H26N2O4/c1-22-20(25)14-3-2-4-17(10-14)23-18(24)11-27-21(26)19-15-6-12-5-13(8-15)9-16(19)7-12/h2-4,10,12-13,15-16,19H,5-9,11H2,1H3,(H,22,25)(H,23,24). The molecule has 1 aromatic carbocycles. The zero-order chi connectivity index (χ0) is 19.0. The molecule has 27 heavy (non-hydrogen) atoms. The summed E-state index contributed by atoms with van der Waals surface area (Å²) in [6.45, 7) is -0.286. The van der Waals surface area contributed by atoms with E-state index in [9.17, 15) is 14.4 Å². The summed E-state index contributed by atoms with van der Waals surface area (Å²) in [5, 5.41) is 5.23. The maximum Gasteiger partial charge on any atom is 0.310 e. The van der Waals surface area contributed by atoms with E-state index in [0.29, 0.717) is 23.1 Å². The molecule has 0 unspecified atom stereocenters. The third kappa shape index (κ3) is 3.70. The first-order valence-corrected chi connectivity index (χ1v) is 9.82. The molecule has 6 heteroatoms. The predicted octanol–water partition coefficient (Wildman–Crippen LogP) is 2.60. The molecule has 4 aliphatic rings. The maximum absolute atomic E-state index is 12.6. The first-order valence-electron chi connectivity index (χ1n) is 9.82. The Labute approximate surface area is 159 Å². The third-order valence-electron chi connectivity index (χ3n) is 6.48. The third-order valence-corrected chi connectivity index (χ3v) is 6.48. The molecule has 0 aliphatic heterocycles. The van der Waals surface area contributed by atoms with E-state index in [4.69, 9.17) is 4.74 Å². The van der Waals surface area contributed by atoms with E-state index < -0.39 is 0 Å². The van der Waals surface area contributed by atoms with Crippen molar-refractivity contribution in [1.82, 2.24) is 5.32 Å². The van der Waals surface area contributed by atoms with Crippen molar-refractivity contribution in [1.29, 1.82) is 0 Å². The first-order chi connectivity index (χ1) is 13.0. The Balaban J connectivity index is 1.31. The molecule has 0 spiro atoms. The topological polar surface area (TPSA) is 84.5 Å². The highest BCUT2D eigenvalue weighted by Gasteiger charge is 2.51. The number of hydrogen-bond donors (Lipinski definition) is 2. The van der Waals surface area contributed by atoms with E-state index in [1.165, 1.54) is 6.42 Å². The average molecular weight is 370 g/mol. The van der Waals surface area contributed by atoms with E-state index in [1.807, 2.05) is 0 Å². The van der Waals surface area contributed by atoms with Gasteiger partial charge in [0.2, 0.25) is 0 Å². The minimum Gasteiger partial charge on any atom is -0.455 e. The van der Waals surface area contributed by atoms with Crippen molar-refractivity contribution in [3.05, 3.63) is 29.8 Å². The Morgan fingerprint density at radius 1 is 1.04 bits per heavy atom. The van der Waals surface area contributed by atoms with E-state index in [1.54, 1.807) is 31.3 Å². The van der Waals surface area contributed by atoms with Crippen LogP contribution in [0, 0.1) is 29.6 Å². The Kier molecular flexibility index (Phi) is 4.89. The second-order valence-corrected chi connectivity index (χ2v) is 8.27. The van der Waals surface area contributed by atoms with Crippen LogP contribution in [0.25, 0.3) is 0 Å².